The second-order valence-electron chi connectivity index (χ2n) is 6.31. The van der Waals surface area contributed by atoms with Gasteiger partial charge in [0.25, 0.3) is 0 Å². The Morgan fingerprint density at radius 3 is 1.39 bits per heavy atom. The first kappa shape index (κ1) is 24.0. The average molecular weight is 537 g/mol. The molecule has 0 aliphatic rings. The molecule has 4 nitrogen and oxygen atoms in total. The van der Waals surface area contributed by atoms with Crippen LogP contribution in [-0.2, 0) is 9.59 Å². The van der Waals surface area contributed by atoms with Crippen LogP contribution in [0.2, 0.25) is 30.1 Å². The highest BCUT2D eigenvalue weighted by molar-refractivity contribution is 6.45. The molecule has 0 saturated carbocycles. The first-order chi connectivity index (χ1) is 14.7. The molecule has 3 aromatic carbocycles. The van der Waals surface area contributed by atoms with Gasteiger partial charge in [-0.05, 0) is 29.8 Å². The summed E-state index contributed by atoms with van der Waals surface area (Å²) in [5, 5.41) is 6.45. The van der Waals surface area contributed by atoms with Gasteiger partial charge in [-0.3, -0.25) is 9.59 Å². The minimum atomic E-state index is -1.24. The fourth-order valence-electron chi connectivity index (χ4n) is 2.71. The SMILES string of the molecule is O=C(Nc1cc(Cl)c(Cl)cc1Cl)C(C(=O)Nc1cc(Cl)c(Cl)cc1Cl)c1ccccc1. The van der Waals surface area contributed by atoms with Crippen LogP contribution in [0.4, 0.5) is 11.4 Å². The number of carbonyl (C=O) groups excluding carboxylic acids is 2. The van der Waals surface area contributed by atoms with Crippen LogP contribution >= 0.6 is 69.6 Å². The standard InChI is InChI=1S/C21H12Cl6N2O2/c22-11-6-15(26)17(8-13(11)24)28-20(30)19(10-4-2-1-3-5-10)21(31)29-18-9-14(25)12(23)7-16(18)27/h1-9,19H,(H,28,30)(H,29,31). The van der Waals surface area contributed by atoms with E-state index in [2.05, 4.69) is 10.6 Å². The van der Waals surface area contributed by atoms with Crippen LogP contribution in [-0.4, -0.2) is 11.8 Å². The van der Waals surface area contributed by atoms with E-state index in [1.54, 1.807) is 30.3 Å². The Labute approximate surface area is 208 Å². The van der Waals surface area contributed by atoms with Gasteiger partial charge < -0.3 is 10.6 Å². The molecular formula is C21H12Cl6N2O2. The Bertz CT molecular complexity index is 1080. The minimum Gasteiger partial charge on any atom is -0.324 e. The van der Waals surface area contributed by atoms with Crippen molar-refractivity contribution in [2.24, 2.45) is 0 Å². The van der Waals surface area contributed by atoms with Crippen molar-refractivity contribution in [1.29, 1.82) is 0 Å². The maximum atomic E-state index is 13.1. The molecule has 0 radical (unpaired) electrons. The van der Waals surface area contributed by atoms with Gasteiger partial charge in [-0.25, -0.2) is 0 Å². The van der Waals surface area contributed by atoms with Gasteiger partial charge in [0.15, 0.2) is 0 Å². The van der Waals surface area contributed by atoms with E-state index in [1.165, 1.54) is 24.3 Å². The molecule has 0 heterocycles. The second kappa shape index (κ2) is 10.3. The summed E-state index contributed by atoms with van der Waals surface area (Å²) in [5.41, 5.74) is 0.870. The van der Waals surface area contributed by atoms with E-state index in [0.29, 0.717) is 5.56 Å². The highest BCUT2D eigenvalue weighted by atomic mass is 35.5. The van der Waals surface area contributed by atoms with E-state index >= 15 is 0 Å². The Kier molecular flexibility index (Phi) is 7.98. The number of hydrogen-bond acceptors (Lipinski definition) is 2. The Morgan fingerprint density at radius 1 is 0.581 bits per heavy atom. The maximum absolute atomic E-state index is 13.1. The van der Waals surface area contributed by atoms with E-state index in [4.69, 9.17) is 69.6 Å². The van der Waals surface area contributed by atoms with E-state index in [0.717, 1.165) is 0 Å². The van der Waals surface area contributed by atoms with E-state index in [-0.39, 0.29) is 41.5 Å². The quantitative estimate of drug-likeness (QED) is 0.256. The summed E-state index contributed by atoms with van der Waals surface area (Å²) in [6.45, 7) is 0. The van der Waals surface area contributed by atoms with Crippen molar-refractivity contribution in [3.05, 3.63) is 90.3 Å². The summed E-state index contributed by atoms with van der Waals surface area (Å²) in [4.78, 5) is 26.2. The molecule has 0 fully saturated rings. The third kappa shape index (κ3) is 5.78. The highest BCUT2D eigenvalue weighted by Crippen LogP contribution is 2.35. The molecule has 160 valence electrons. The summed E-state index contributed by atoms with van der Waals surface area (Å²) in [6.07, 6.45) is 0. The van der Waals surface area contributed by atoms with Crippen molar-refractivity contribution in [1.82, 2.24) is 0 Å². The van der Waals surface area contributed by atoms with Gasteiger partial charge in [0, 0.05) is 0 Å². The molecule has 2 N–H and O–H groups in total. The molecule has 0 aromatic heterocycles. The lowest BCUT2D eigenvalue weighted by atomic mass is 9.97. The van der Waals surface area contributed by atoms with Gasteiger partial charge in [0.2, 0.25) is 11.8 Å². The van der Waals surface area contributed by atoms with Crippen molar-refractivity contribution in [2.75, 3.05) is 10.6 Å². The number of anilines is 2. The molecule has 3 rings (SSSR count). The molecule has 0 atom stereocenters. The number of halogens is 6. The zero-order valence-electron chi connectivity index (χ0n) is 15.4. The summed E-state index contributed by atoms with van der Waals surface area (Å²) >= 11 is 36.2. The number of amides is 2. The third-order valence-corrected chi connectivity index (χ3v) is 6.26. The smallest absolute Gasteiger partial charge is 0.241 e. The molecule has 3 aromatic rings. The number of hydrogen-bond donors (Lipinski definition) is 2. The molecule has 31 heavy (non-hydrogen) atoms. The van der Waals surface area contributed by atoms with Crippen LogP contribution in [0.15, 0.2) is 54.6 Å². The van der Waals surface area contributed by atoms with Gasteiger partial charge in [-0.2, -0.15) is 0 Å². The molecule has 10 heteroatoms. The van der Waals surface area contributed by atoms with E-state index < -0.39 is 17.7 Å². The van der Waals surface area contributed by atoms with Crippen molar-refractivity contribution >= 4 is 92.8 Å². The molecule has 0 spiro atoms. The van der Waals surface area contributed by atoms with Crippen LogP contribution < -0.4 is 10.6 Å². The average Bonchev–Trinajstić information content (AvgIpc) is 2.71. The summed E-state index contributed by atoms with van der Waals surface area (Å²) in [7, 11) is 0. The summed E-state index contributed by atoms with van der Waals surface area (Å²) in [6, 6.07) is 14.1. The molecule has 2 amide bonds. The lowest BCUT2D eigenvalue weighted by molar-refractivity contribution is -0.125. The molecule has 0 aliphatic heterocycles. The van der Waals surface area contributed by atoms with Crippen LogP contribution in [0.5, 0.6) is 0 Å². The lowest BCUT2D eigenvalue weighted by Crippen LogP contribution is -2.32. The van der Waals surface area contributed by atoms with Crippen LogP contribution in [0, 0.1) is 0 Å². The number of nitrogens with one attached hydrogen (secondary N) is 2. The number of rotatable bonds is 5. The molecule has 0 saturated heterocycles. The Morgan fingerprint density at radius 2 is 0.968 bits per heavy atom. The van der Waals surface area contributed by atoms with Crippen LogP contribution in [0.3, 0.4) is 0 Å². The van der Waals surface area contributed by atoms with Crippen molar-refractivity contribution < 1.29 is 9.59 Å². The van der Waals surface area contributed by atoms with E-state index in [1.807, 2.05) is 0 Å². The largest absolute Gasteiger partial charge is 0.324 e. The van der Waals surface area contributed by atoms with Gasteiger partial charge in [-0.15, -0.1) is 0 Å². The summed E-state index contributed by atoms with van der Waals surface area (Å²) < 4.78 is 0. The second-order valence-corrected chi connectivity index (χ2v) is 8.76. The molecular weight excluding hydrogens is 525 g/mol. The normalized spacial score (nSPS) is 10.8. The third-order valence-electron chi connectivity index (χ3n) is 4.19. The van der Waals surface area contributed by atoms with E-state index in [9.17, 15) is 9.59 Å². The molecule has 0 unspecified atom stereocenters. The molecule has 0 aliphatic carbocycles. The van der Waals surface area contributed by atoms with Crippen molar-refractivity contribution in [3.8, 4) is 0 Å². The predicted octanol–water partition coefficient (Wildman–Crippen LogP) is 7.97. The van der Waals surface area contributed by atoms with Crippen LogP contribution in [0.1, 0.15) is 11.5 Å². The van der Waals surface area contributed by atoms with Gasteiger partial charge in [0.05, 0.1) is 41.5 Å². The lowest BCUT2D eigenvalue weighted by Gasteiger charge is -2.19. The zero-order chi connectivity index (χ0) is 22.7. The van der Waals surface area contributed by atoms with Crippen molar-refractivity contribution in [3.63, 3.8) is 0 Å². The number of carbonyl (C=O) groups is 2. The van der Waals surface area contributed by atoms with Crippen LogP contribution in [0.25, 0.3) is 0 Å². The topological polar surface area (TPSA) is 58.2 Å². The Balaban J connectivity index is 1.94. The minimum absolute atomic E-state index is 0.169. The van der Waals surface area contributed by atoms with Gasteiger partial charge >= 0.3 is 0 Å². The first-order valence-electron chi connectivity index (χ1n) is 8.63. The zero-order valence-corrected chi connectivity index (χ0v) is 19.9. The fourth-order valence-corrected chi connectivity index (χ4v) is 3.90. The van der Waals surface area contributed by atoms with Gasteiger partial charge in [0.1, 0.15) is 5.92 Å². The predicted molar refractivity (Wildman–Crippen MR) is 129 cm³/mol. The fraction of sp³-hybridized carbons (Fsp3) is 0.0476. The first-order valence-corrected chi connectivity index (χ1v) is 10.9. The highest BCUT2D eigenvalue weighted by Gasteiger charge is 2.30. The van der Waals surface area contributed by atoms with Gasteiger partial charge in [-0.1, -0.05) is 99.9 Å². The Hall–Kier alpha value is -1.66. The maximum Gasteiger partial charge on any atom is 0.241 e. The number of benzene rings is 3. The monoisotopic (exact) mass is 534 g/mol. The summed E-state index contributed by atoms with van der Waals surface area (Å²) in [5.74, 6) is -2.52. The molecule has 0 bridgehead atoms. The van der Waals surface area contributed by atoms with Crippen molar-refractivity contribution in [2.45, 2.75) is 5.92 Å².